The van der Waals surface area contributed by atoms with E-state index in [9.17, 15) is 19.7 Å². The number of nitro benzene ring substituents is 1. The van der Waals surface area contributed by atoms with Gasteiger partial charge in [0.25, 0.3) is 5.69 Å². The minimum absolute atomic E-state index is 0. The predicted octanol–water partition coefficient (Wildman–Crippen LogP) is 13.7. The van der Waals surface area contributed by atoms with Gasteiger partial charge in [0.05, 0.1) is 57.4 Å². The van der Waals surface area contributed by atoms with Crippen molar-refractivity contribution in [1.29, 1.82) is 0 Å². The Hall–Kier alpha value is -4.37. The van der Waals surface area contributed by atoms with Crippen LogP contribution in [0.1, 0.15) is 80.6 Å². The molecule has 26 heteroatoms. The average Bonchev–Trinajstić information content (AvgIpc) is 4.14. The molecule has 4 aromatic carbocycles. The molecule has 6 heterocycles. The van der Waals surface area contributed by atoms with Crippen molar-refractivity contribution >= 4 is 154 Å². The summed E-state index contributed by atoms with van der Waals surface area (Å²) >= 11 is 19.5. The van der Waals surface area contributed by atoms with Gasteiger partial charge >= 0.3 is 7.12 Å². The van der Waals surface area contributed by atoms with Crippen LogP contribution in [-0.2, 0) is 48.8 Å². The Morgan fingerprint density at radius 2 is 1.05 bits per heavy atom. The molecule has 3 aliphatic heterocycles. The van der Waals surface area contributed by atoms with Gasteiger partial charge in [-0.05, 0) is 166 Å². The van der Waals surface area contributed by atoms with E-state index < -0.39 is 4.92 Å². The van der Waals surface area contributed by atoms with E-state index in [0.29, 0.717) is 33.2 Å². The van der Waals surface area contributed by atoms with E-state index in [4.69, 9.17) is 40.1 Å². The first kappa shape index (κ1) is 64.2. The SMILES string of the molecule is C.Cc1noc(C)c1-c1cc2c(c(-c3c(C)noc3C)c1)CC(=O)N2.Cc1noc(C)c1B1OC(C)(C)C(C)(C)O1.Nc1c(Br)cc(Br)cc1[N+](=O)[O-].Nc1cc(Br)cc(Br)c1N.O=C1Cc2c(Br)cc(Br)cc2N1.[Fe]. The summed E-state index contributed by atoms with van der Waals surface area (Å²) in [6.45, 7) is 19.5. The van der Waals surface area contributed by atoms with Crippen LogP contribution in [0.3, 0.4) is 0 Å². The van der Waals surface area contributed by atoms with Gasteiger partial charge in [0.1, 0.15) is 23.0 Å². The molecule has 1 fully saturated rings. The summed E-state index contributed by atoms with van der Waals surface area (Å²) < 4.78 is 32.5. The summed E-state index contributed by atoms with van der Waals surface area (Å²) in [5, 5.41) is 28.1. The van der Waals surface area contributed by atoms with Gasteiger partial charge in [-0.3, -0.25) is 19.7 Å². The number of anilines is 5. The third-order valence-corrected chi connectivity index (χ3v) is 15.6. The second kappa shape index (κ2) is 26.1. The topological polar surface area (TPSA) is 276 Å². The summed E-state index contributed by atoms with van der Waals surface area (Å²) in [6.07, 6.45) is 0.833. The number of hydrogen-bond donors (Lipinski definition) is 5. The zero-order valence-electron chi connectivity index (χ0n) is 41.9. The summed E-state index contributed by atoms with van der Waals surface area (Å²) in [7, 11) is -0.378. The molecule has 76 heavy (non-hydrogen) atoms. The molecule has 1 saturated heterocycles. The van der Waals surface area contributed by atoms with Crippen LogP contribution in [0.25, 0.3) is 22.3 Å². The van der Waals surface area contributed by atoms with Crippen LogP contribution >= 0.6 is 95.6 Å². The Kier molecular flexibility index (Phi) is 22.0. The summed E-state index contributed by atoms with van der Waals surface area (Å²) in [5.41, 5.74) is 28.0. The second-order valence-electron chi connectivity index (χ2n) is 18.1. The van der Waals surface area contributed by atoms with Gasteiger partial charge in [-0.1, -0.05) is 86.6 Å². The van der Waals surface area contributed by atoms with Gasteiger partial charge in [0.15, 0.2) is 0 Å². The fourth-order valence-corrected chi connectivity index (χ4v) is 11.6. The van der Waals surface area contributed by atoms with E-state index in [0.717, 1.165) is 102 Å². The number of halogens is 6. The normalized spacial score (nSPS) is 14.1. The van der Waals surface area contributed by atoms with E-state index >= 15 is 0 Å². The number of nitrogen functional groups attached to an aromatic ring is 3. The Bertz CT molecular complexity index is 3230. The molecule has 0 atom stereocenters. The van der Waals surface area contributed by atoms with Gasteiger partial charge in [0.2, 0.25) is 11.8 Å². The summed E-state index contributed by atoms with van der Waals surface area (Å²) in [6, 6.07) is 14.5. The number of nitrogens with one attached hydrogen (secondary N) is 2. The monoisotopic (exact) mass is 1460 g/mol. The second-order valence-corrected chi connectivity index (χ2v) is 23.4. The molecular weight excluding hydrogens is 1420 g/mol. The molecule has 0 aliphatic carbocycles. The fourth-order valence-electron chi connectivity index (χ4n) is 7.82. The number of nitro groups is 1. The molecule has 0 bridgehead atoms. The number of benzene rings is 4. The van der Waals surface area contributed by atoms with Crippen LogP contribution in [-0.4, -0.2) is 50.5 Å². The Balaban J connectivity index is 0.000000212. The molecule has 0 spiro atoms. The molecule has 8 N–H and O–H groups in total. The third-order valence-electron chi connectivity index (χ3n) is 12.2. The van der Waals surface area contributed by atoms with Crippen molar-refractivity contribution in [1.82, 2.24) is 15.5 Å². The molecule has 10 rings (SSSR count). The van der Waals surface area contributed by atoms with Crippen molar-refractivity contribution in [2.45, 2.75) is 101 Å². The first-order valence-electron chi connectivity index (χ1n) is 22.3. The van der Waals surface area contributed by atoms with Crippen LogP contribution < -0.4 is 33.3 Å². The molecular formula is C50H54BBr6FeN9O9. The number of nitrogens with zero attached hydrogens (tertiary/aromatic N) is 4. The number of carbonyl (C=O) groups excluding carboxylic acids is 2. The minimum atomic E-state index is -0.523. The molecule has 2 amide bonds. The molecule has 0 unspecified atom stereocenters. The first-order chi connectivity index (χ1) is 34.5. The number of carbonyl (C=O) groups is 2. The van der Waals surface area contributed by atoms with E-state index in [1.807, 2.05) is 93.5 Å². The maximum Gasteiger partial charge on any atom is 0.500 e. The Morgan fingerprint density at radius 1 is 0.605 bits per heavy atom. The Morgan fingerprint density at radius 3 is 1.54 bits per heavy atom. The fraction of sp³-hybridized carbons (Fsp3) is 0.300. The van der Waals surface area contributed by atoms with E-state index in [1.165, 1.54) is 6.07 Å². The van der Waals surface area contributed by atoms with E-state index in [-0.39, 0.29) is 66.0 Å². The number of aromatic nitrogens is 3. The van der Waals surface area contributed by atoms with Crippen molar-refractivity contribution in [2.24, 2.45) is 0 Å². The van der Waals surface area contributed by atoms with Gasteiger partial charge in [0, 0.05) is 77.9 Å². The zero-order chi connectivity index (χ0) is 54.9. The van der Waals surface area contributed by atoms with Crippen molar-refractivity contribution in [3.05, 3.63) is 131 Å². The average molecular weight is 1470 g/mol. The number of aryl methyl sites for hydroxylation is 6. The molecule has 406 valence electrons. The van der Waals surface area contributed by atoms with Crippen LogP contribution in [0.5, 0.6) is 0 Å². The van der Waals surface area contributed by atoms with Crippen LogP contribution in [0.15, 0.2) is 88.9 Å². The number of hydrogen-bond acceptors (Lipinski definition) is 15. The van der Waals surface area contributed by atoms with Crippen molar-refractivity contribution in [3.8, 4) is 22.3 Å². The van der Waals surface area contributed by atoms with Crippen molar-refractivity contribution < 1.29 is 54.5 Å². The van der Waals surface area contributed by atoms with Crippen LogP contribution in [0, 0.1) is 51.7 Å². The van der Waals surface area contributed by atoms with E-state index in [1.54, 1.807) is 12.1 Å². The molecule has 3 aliphatic rings. The molecule has 0 saturated carbocycles. The molecule has 3 aromatic heterocycles. The van der Waals surface area contributed by atoms with E-state index in [2.05, 4.69) is 128 Å². The largest absolute Gasteiger partial charge is 0.500 e. The standard InChI is InChI=1S/C18H17N3O3.C11H18BNO3.C8H5Br2NO.C6H4Br2N2O2.C6H6Br2N2.CH4.Fe/c1-8-17(10(3)23-20-8)12-5-14(18-9(2)21-24-11(18)4)13-7-16(22)19-15(13)6-12;1-7-9(8(2)14-13-7)12-15-10(3,4)11(5,6)16-12;9-4-1-6(10)5-3-8(12)11-7(5)2-4;7-3-1-4(8)6(9)5(2-3)10(11)12;7-3-1-4(8)6(10)5(9)2-3;;/h5-6H,7H2,1-4H3,(H,19,22);1-6H3;1-2H,3H2,(H,11,12);1-2H,9H2;1-2H,9-10H2;1H4;. The number of nitrogens with two attached hydrogens (primary N) is 3. The summed E-state index contributed by atoms with van der Waals surface area (Å²) in [5.74, 6) is 2.31. The van der Waals surface area contributed by atoms with Gasteiger partial charge in [-0.25, -0.2) is 0 Å². The first-order valence-corrected chi connectivity index (χ1v) is 27.0. The Labute approximate surface area is 501 Å². The van der Waals surface area contributed by atoms with Gasteiger partial charge in [-0.2, -0.15) is 0 Å². The van der Waals surface area contributed by atoms with Crippen molar-refractivity contribution in [3.63, 3.8) is 0 Å². The van der Waals surface area contributed by atoms with Crippen LogP contribution in [0.4, 0.5) is 34.1 Å². The quantitative estimate of drug-likeness (QED) is 0.0474. The summed E-state index contributed by atoms with van der Waals surface area (Å²) in [4.78, 5) is 32.8. The number of fused-ring (bicyclic) bond motifs is 2. The third kappa shape index (κ3) is 14.7. The maximum absolute atomic E-state index is 11.9. The number of rotatable bonds is 4. The van der Waals surface area contributed by atoms with Crippen molar-refractivity contribution in [2.75, 3.05) is 27.8 Å². The smallest absolute Gasteiger partial charge is 0.399 e. The minimum Gasteiger partial charge on any atom is -0.399 e. The van der Waals surface area contributed by atoms with Gasteiger partial charge in [-0.15, -0.1) is 0 Å². The molecule has 18 nitrogen and oxygen atoms in total. The number of amides is 2. The molecule has 7 aromatic rings. The van der Waals surface area contributed by atoms with Gasteiger partial charge < -0.3 is 50.7 Å². The molecule has 0 radical (unpaired) electrons. The van der Waals surface area contributed by atoms with Crippen LogP contribution in [0.2, 0.25) is 0 Å². The maximum atomic E-state index is 11.9. The predicted molar refractivity (Wildman–Crippen MR) is 315 cm³/mol. The zero-order valence-corrected chi connectivity index (χ0v) is 52.5.